The standard InChI is InChI=1S/C21H29ClO2/c1-4-12-11-17(24)21(3)9-7-14-13(18(12)21)5-6-15-19(22)16(23)8-10-20(14,15)2/h12-14,18H,4-11H2,1-3H3/t12-,13+,14-,18-,20+,21+/m0/s1. The average molecular weight is 349 g/mol. The van der Waals surface area contributed by atoms with Gasteiger partial charge < -0.3 is 0 Å². The third-order valence-electron chi connectivity index (χ3n) is 8.42. The van der Waals surface area contributed by atoms with Gasteiger partial charge in [0.2, 0.25) is 0 Å². The van der Waals surface area contributed by atoms with E-state index in [9.17, 15) is 9.59 Å². The molecule has 132 valence electrons. The van der Waals surface area contributed by atoms with Crippen molar-refractivity contribution in [2.45, 2.75) is 72.1 Å². The Kier molecular flexibility index (Phi) is 3.81. The van der Waals surface area contributed by atoms with Gasteiger partial charge in [0.1, 0.15) is 5.78 Å². The molecular formula is C21H29ClO2. The Morgan fingerprint density at radius 3 is 2.54 bits per heavy atom. The first-order valence-electron chi connectivity index (χ1n) is 9.78. The number of carbonyl (C=O) groups excluding carboxylic acids is 2. The van der Waals surface area contributed by atoms with Gasteiger partial charge in [-0.2, -0.15) is 0 Å². The molecule has 3 fully saturated rings. The van der Waals surface area contributed by atoms with Crippen molar-refractivity contribution >= 4 is 23.2 Å². The summed E-state index contributed by atoms with van der Waals surface area (Å²) in [6, 6.07) is 0. The van der Waals surface area contributed by atoms with E-state index in [1.165, 1.54) is 5.57 Å². The van der Waals surface area contributed by atoms with E-state index in [0.29, 0.717) is 40.9 Å². The second-order valence-electron chi connectivity index (χ2n) is 9.22. The Balaban J connectivity index is 1.75. The lowest BCUT2D eigenvalue weighted by Crippen LogP contribution is -2.52. The first kappa shape index (κ1) is 16.8. The van der Waals surface area contributed by atoms with Crippen molar-refractivity contribution in [1.82, 2.24) is 0 Å². The molecule has 0 amide bonds. The monoisotopic (exact) mass is 348 g/mol. The Morgan fingerprint density at radius 2 is 1.83 bits per heavy atom. The van der Waals surface area contributed by atoms with Crippen LogP contribution in [0.15, 0.2) is 10.6 Å². The maximum Gasteiger partial charge on any atom is 0.174 e. The van der Waals surface area contributed by atoms with E-state index in [4.69, 9.17) is 11.6 Å². The van der Waals surface area contributed by atoms with E-state index < -0.39 is 0 Å². The lowest BCUT2D eigenvalue weighted by molar-refractivity contribution is -0.133. The molecule has 24 heavy (non-hydrogen) atoms. The quantitative estimate of drug-likeness (QED) is 0.645. The van der Waals surface area contributed by atoms with Crippen LogP contribution in [-0.4, -0.2) is 11.6 Å². The van der Waals surface area contributed by atoms with Crippen LogP contribution in [0.4, 0.5) is 0 Å². The molecule has 0 heterocycles. The van der Waals surface area contributed by atoms with Gasteiger partial charge >= 0.3 is 0 Å². The second-order valence-corrected chi connectivity index (χ2v) is 9.60. The minimum Gasteiger partial charge on any atom is -0.299 e. The van der Waals surface area contributed by atoms with Crippen molar-refractivity contribution in [2.75, 3.05) is 0 Å². The van der Waals surface area contributed by atoms with Crippen LogP contribution >= 0.6 is 11.6 Å². The molecule has 3 saturated carbocycles. The van der Waals surface area contributed by atoms with Crippen molar-refractivity contribution in [3.63, 3.8) is 0 Å². The number of rotatable bonds is 1. The van der Waals surface area contributed by atoms with Gasteiger partial charge in [-0.25, -0.2) is 0 Å². The van der Waals surface area contributed by atoms with Gasteiger partial charge in [-0.3, -0.25) is 9.59 Å². The van der Waals surface area contributed by atoms with Gasteiger partial charge in [-0.05, 0) is 66.8 Å². The smallest absolute Gasteiger partial charge is 0.174 e. The van der Waals surface area contributed by atoms with Gasteiger partial charge in [0, 0.05) is 18.3 Å². The molecule has 6 atom stereocenters. The van der Waals surface area contributed by atoms with Gasteiger partial charge in [0.25, 0.3) is 0 Å². The van der Waals surface area contributed by atoms with Crippen LogP contribution in [-0.2, 0) is 9.59 Å². The molecule has 0 aliphatic heterocycles. The Labute approximate surface area is 150 Å². The molecule has 4 aliphatic rings. The fourth-order valence-electron chi connectivity index (χ4n) is 7.09. The largest absolute Gasteiger partial charge is 0.299 e. The maximum absolute atomic E-state index is 12.8. The van der Waals surface area contributed by atoms with Gasteiger partial charge in [-0.1, -0.05) is 38.8 Å². The zero-order chi connectivity index (χ0) is 17.3. The number of halogens is 1. The number of hydrogen-bond donors (Lipinski definition) is 0. The number of carbonyl (C=O) groups is 2. The molecule has 0 unspecified atom stereocenters. The molecule has 0 bridgehead atoms. The zero-order valence-electron chi connectivity index (χ0n) is 15.2. The van der Waals surface area contributed by atoms with Crippen LogP contribution in [0, 0.1) is 34.5 Å². The highest BCUT2D eigenvalue weighted by Crippen LogP contribution is 2.66. The predicted molar refractivity (Wildman–Crippen MR) is 95.7 cm³/mol. The zero-order valence-corrected chi connectivity index (χ0v) is 15.9. The molecule has 0 aromatic heterocycles. The number of ketones is 2. The molecule has 3 heteroatoms. The summed E-state index contributed by atoms with van der Waals surface area (Å²) in [6.45, 7) is 6.85. The summed E-state index contributed by atoms with van der Waals surface area (Å²) in [5.74, 6) is 2.99. The van der Waals surface area contributed by atoms with Crippen LogP contribution < -0.4 is 0 Å². The number of fused-ring (bicyclic) bond motifs is 5. The van der Waals surface area contributed by atoms with E-state index in [1.807, 2.05) is 0 Å². The van der Waals surface area contributed by atoms with Crippen molar-refractivity contribution < 1.29 is 9.59 Å². The summed E-state index contributed by atoms with van der Waals surface area (Å²) in [6.07, 6.45) is 7.68. The van der Waals surface area contributed by atoms with E-state index in [-0.39, 0.29) is 16.6 Å². The van der Waals surface area contributed by atoms with Crippen LogP contribution in [0.25, 0.3) is 0 Å². The molecule has 4 aliphatic carbocycles. The molecule has 0 spiro atoms. The van der Waals surface area contributed by atoms with Gasteiger partial charge in [-0.15, -0.1) is 0 Å². The molecule has 2 nitrogen and oxygen atoms in total. The minimum atomic E-state index is -0.0896. The lowest BCUT2D eigenvalue weighted by Gasteiger charge is -2.57. The number of allylic oxidation sites excluding steroid dienone is 1. The minimum absolute atomic E-state index is 0.0825. The summed E-state index contributed by atoms with van der Waals surface area (Å²) in [4.78, 5) is 24.8. The Hall–Kier alpha value is -0.630. The van der Waals surface area contributed by atoms with E-state index in [2.05, 4.69) is 20.8 Å². The van der Waals surface area contributed by atoms with Gasteiger partial charge in [0.15, 0.2) is 5.78 Å². The SMILES string of the molecule is CC[C@H]1CC(=O)[C@@]2(C)CC[C@H]3[C@@H](CCC4=C(Cl)C(=O)CC[C@@]43C)[C@H]12. The molecule has 0 aromatic carbocycles. The summed E-state index contributed by atoms with van der Waals surface area (Å²) in [5.41, 5.74) is 1.23. The number of hydrogen-bond acceptors (Lipinski definition) is 2. The predicted octanol–water partition coefficient (Wildman–Crippen LogP) is 5.29. The molecule has 0 radical (unpaired) electrons. The normalized spacial score (nSPS) is 48.2. The fraction of sp³-hybridized carbons (Fsp3) is 0.810. The van der Waals surface area contributed by atoms with E-state index in [0.717, 1.165) is 44.9 Å². The van der Waals surface area contributed by atoms with Crippen molar-refractivity contribution in [3.05, 3.63) is 10.6 Å². The summed E-state index contributed by atoms with van der Waals surface area (Å²) >= 11 is 6.46. The Bertz CT molecular complexity index is 636. The van der Waals surface area contributed by atoms with Crippen molar-refractivity contribution in [1.29, 1.82) is 0 Å². The third-order valence-corrected chi connectivity index (χ3v) is 8.86. The highest BCUT2D eigenvalue weighted by Gasteiger charge is 2.61. The van der Waals surface area contributed by atoms with Crippen LogP contribution in [0.3, 0.4) is 0 Å². The number of Topliss-reactive ketones (excluding diaryl/α,β-unsaturated/α-hetero) is 2. The Morgan fingerprint density at radius 1 is 1.08 bits per heavy atom. The van der Waals surface area contributed by atoms with E-state index >= 15 is 0 Å². The van der Waals surface area contributed by atoms with Crippen molar-refractivity contribution in [2.24, 2.45) is 34.5 Å². The first-order valence-corrected chi connectivity index (χ1v) is 10.2. The first-order chi connectivity index (χ1) is 11.3. The second kappa shape index (κ2) is 5.43. The van der Waals surface area contributed by atoms with Crippen LogP contribution in [0.1, 0.15) is 72.1 Å². The van der Waals surface area contributed by atoms with E-state index in [1.54, 1.807) is 0 Å². The molecule has 0 aromatic rings. The fourth-order valence-corrected chi connectivity index (χ4v) is 7.50. The average Bonchev–Trinajstić information content (AvgIpc) is 2.82. The van der Waals surface area contributed by atoms with Crippen LogP contribution in [0.2, 0.25) is 0 Å². The highest BCUT2D eigenvalue weighted by atomic mass is 35.5. The molecular weight excluding hydrogens is 320 g/mol. The summed E-state index contributed by atoms with van der Waals surface area (Å²) < 4.78 is 0. The maximum atomic E-state index is 12.8. The highest BCUT2D eigenvalue weighted by molar-refractivity contribution is 6.43. The molecule has 0 N–H and O–H groups in total. The topological polar surface area (TPSA) is 34.1 Å². The third kappa shape index (κ3) is 2.01. The molecule has 0 saturated heterocycles. The molecule has 4 rings (SSSR count). The van der Waals surface area contributed by atoms with Crippen molar-refractivity contribution in [3.8, 4) is 0 Å². The summed E-state index contributed by atoms with van der Waals surface area (Å²) in [5, 5.41) is 0.546. The van der Waals surface area contributed by atoms with Crippen LogP contribution in [0.5, 0.6) is 0 Å². The lowest BCUT2D eigenvalue weighted by atomic mass is 9.46. The van der Waals surface area contributed by atoms with Gasteiger partial charge in [0.05, 0.1) is 5.03 Å². The summed E-state index contributed by atoms with van der Waals surface area (Å²) in [7, 11) is 0.